The third kappa shape index (κ3) is 2.21. The predicted octanol–water partition coefficient (Wildman–Crippen LogP) is 2.84. The van der Waals surface area contributed by atoms with Crippen LogP contribution in [0.5, 0.6) is 0 Å². The van der Waals surface area contributed by atoms with E-state index in [1.807, 2.05) is 6.07 Å². The second-order valence-corrected chi connectivity index (χ2v) is 7.66. The van der Waals surface area contributed by atoms with E-state index in [-0.39, 0.29) is 11.8 Å². The molecule has 2 aliphatic rings. The monoisotopic (exact) mass is 343 g/mol. The van der Waals surface area contributed by atoms with Crippen molar-refractivity contribution in [3.8, 4) is 0 Å². The summed E-state index contributed by atoms with van der Waals surface area (Å²) in [5.41, 5.74) is 0. The maximum Gasteiger partial charge on any atom is 0.326 e. The van der Waals surface area contributed by atoms with Crippen molar-refractivity contribution in [2.24, 2.45) is 11.8 Å². The summed E-state index contributed by atoms with van der Waals surface area (Å²) in [5.74, 6) is -0.492. The molecule has 1 saturated heterocycles. The first-order valence-corrected chi connectivity index (χ1v) is 7.98. The summed E-state index contributed by atoms with van der Waals surface area (Å²) in [6.45, 7) is 0.593. The summed E-state index contributed by atoms with van der Waals surface area (Å²) in [5, 5.41) is 9.43. The van der Waals surface area contributed by atoms with Gasteiger partial charge in [0.15, 0.2) is 0 Å². The molecule has 1 aromatic heterocycles. The Morgan fingerprint density at radius 2 is 2.16 bits per heavy atom. The summed E-state index contributed by atoms with van der Waals surface area (Å²) in [7, 11) is 0. The van der Waals surface area contributed by atoms with Gasteiger partial charge in [0.05, 0.1) is 8.66 Å². The van der Waals surface area contributed by atoms with E-state index in [0.717, 1.165) is 23.0 Å². The zero-order valence-electron chi connectivity index (χ0n) is 10.2. The molecule has 1 N–H and O–H groups in total. The maximum absolute atomic E-state index is 12.5. The van der Waals surface area contributed by atoms with Gasteiger partial charge in [0.2, 0.25) is 0 Å². The van der Waals surface area contributed by atoms with Crippen LogP contribution in [0.25, 0.3) is 0 Å². The van der Waals surface area contributed by atoms with Crippen LogP contribution < -0.4 is 0 Å². The summed E-state index contributed by atoms with van der Waals surface area (Å²) in [6, 6.07) is 2.94. The molecule has 2 heterocycles. The van der Waals surface area contributed by atoms with Crippen molar-refractivity contribution in [1.29, 1.82) is 0 Å². The second kappa shape index (κ2) is 4.90. The smallest absolute Gasteiger partial charge is 0.326 e. The minimum atomic E-state index is -0.863. The number of carbonyl (C=O) groups excluding carboxylic acids is 1. The highest BCUT2D eigenvalue weighted by atomic mass is 79.9. The van der Waals surface area contributed by atoms with Crippen molar-refractivity contribution in [2.75, 3.05) is 6.54 Å². The molecular formula is C13H14BrNO3S. The lowest BCUT2D eigenvalue weighted by Crippen LogP contribution is -2.43. The number of nitrogens with zero attached hydrogens (tertiary/aromatic N) is 1. The van der Waals surface area contributed by atoms with E-state index in [4.69, 9.17) is 0 Å². The Morgan fingerprint density at radius 1 is 1.37 bits per heavy atom. The minimum Gasteiger partial charge on any atom is -0.480 e. The van der Waals surface area contributed by atoms with Crippen molar-refractivity contribution in [1.82, 2.24) is 4.90 Å². The SMILES string of the molecule is O=C(O)C1C2CCCC2CN1C(=O)c1ccc(Br)s1. The van der Waals surface area contributed by atoms with Crippen LogP contribution in [0.3, 0.4) is 0 Å². The van der Waals surface area contributed by atoms with Gasteiger partial charge in [-0.05, 0) is 52.7 Å². The van der Waals surface area contributed by atoms with Gasteiger partial charge in [-0.1, -0.05) is 6.42 Å². The first-order valence-electron chi connectivity index (χ1n) is 6.37. The topological polar surface area (TPSA) is 57.6 Å². The van der Waals surface area contributed by atoms with Gasteiger partial charge in [-0.25, -0.2) is 4.79 Å². The first kappa shape index (κ1) is 13.1. The highest BCUT2D eigenvalue weighted by Crippen LogP contribution is 2.43. The molecule has 4 nitrogen and oxygen atoms in total. The maximum atomic E-state index is 12.5. The fraction of sp³-hybridized carbons (Fsp3) is 0.538. The first-order chi connectivity index (χ1) is 9.08. The van der Waals surface area contributed by atoms with E-state index in [2.05, 4.69) is 15.9 Å². The molecule has 0 aromatic carbocycles. The molecule has 0 bridgehead atoms. The number of thiophene rings is 1. The average molecular weight is 344 g/mol. The molecule has 0 spiro atoms. The van der Waals surface area contributed by atoms with Crippen molar-refractivity contribution in [3.05, 3.63) is 20.8 Å². The lowest BCUT2D eigenvalue weighted by atomic mass is 9.94. The van der Waals surface area contributed by atoms with Crippen LogP contribution in [-0.4, -0.2) is 34.5 Å². The molecule has 1 aliphatic heterocycles. The molecule has 1 saturated carbocycles. The Labute approximate surface area is 123 Å². The Morgan fingerprint density at radius 3 is 2.79 bits per heavy atom. The number of amides is 1. The van der Waals surface area contributed by atoms with Gasteiger partial charge in [0.25, 0.3) is 5.91 Å². The van der Waals surface area contributed by atoms with Crippen molar-refractivity contribution in [3.63, 3.8) is 0 Å². The van der Waals surface area contributed by atoms with Crippen molar-refractivity contribution < 1.29 is 14.7 Å². The third-order valence-electron chi connectivity index (χ3n) is 4.19. The number of likely N-dealkylation sites (tertiary alicyclic amines) is 1. The molecule has 3 unspecified atom stereocenters. The normalized spacial score (nSPS) is 29.5. The number of carboxylic acids is 1. The Hall–Kier alpha value is -0.880. The van der Waals surface area contributed by atoms with Gasteiger partial charge in [0.1, 0.15) is 6.04 Å². The highest BCUT2D eigenvalue weighted by Gasteiger charge is 2.49. The summed E-state index contributed by atoms with van der Waals surface area (Å²) in [6.07, 6.45) is 3.07. The zero-order chi connectivity index (χ0) is 13.6. The van der Waals surface area contributed by atoms with Gasteiger partial charge >= 0.3 is 5.97 Å². The molecule has 0 radical (unpaired) electrons. The standard InChI is InChI=1S/C13H14BrNO3S/c14-10-5-4-9(19-10)12(16)15-6-7-2-1-3-8(7)11(15)13(17)18/h4-5,7-8,11H,1-3,6H2,(H,17,18). The number of halogens is 1. The summed E-state index contributed by atoms with van der Waals surface area (Å²) in [4.78, 5) is 26.1. The Balaban J connectivity index is 1.87. The number of aliphatic carboxylic acids is 1. The van der Waals surface area contributed by atoms with Crippen LogP contribution >= 0.6 is 27.3 Å². The molecule has 1 aliphatic carbocycles. The van der Waals surface area contributed by atoms with Crippen LogP contribution in [0, 0.1) is 11.8 Å². The van der Waals surface area contributed by atoms with Crippen molar-refractivity contribution in [2.45, 2.75) is 25.3 Å². The van der Waals surface area contributed by atoms with Crippen LogP contribution in [0.2, 0.25) is 0 Å². The van der Waals surface area contributed by atoms with E-state index in [1.165, 1.54) is 11.3 Å². The lowest BCUT2D eigenvalue weighted by molar-refractivity contribution is -0.142. The second-order valence-electron chi connectivity index (χ2n) is 5.20. The number of carboxylic acid groups (broad SMARTS) is 1. The third-order valence-corrected chi connectivity index (χ3v) is 5.80. The average Bonchev–Trinajstić information content (AvgIpc) is 3.00. The van der Waals surface area contributed by atoms with Gasteiger partial charge < -0.3 is 10.0 Å². The van der Waals surface area contributed by atoms with Gasteiger partial charge in [-0.2, -0.15) is 0 Å². The zero-order valence-corrected chi connectivity index (χ0v) is 12.6. The summed E-state index contributed by atoms with van der Waals surface area (Å²) < 4.78 is 0.891. The van der Waals surface area contributed by atoms with Gasteiger partial charge in [0, 0.05) is 6.54 Å². The van der Waals surface area contributed by atoms with Crippen LogP contribution in [-0.2, 0) is 4.79 Å². The van der Waals surface area contributed by atoms with E-state index in [1.54, 1.807) is 11.0 Å². The van der Waals surface area contributed by atoms with Crippen LogP contribution in [0.1, 0.15) is 28.9 Å². The van der Waals surface area contributed by atoms with E-state index >= 15 is 0 Å². The van der Waals surface area contributed by atoms with Crippen molar-refractivity contribution >= 4 is 39.1 Å². The predicted molar refractivity (Wildman–Crippen MR) is 75.3 cm³/mol. The number of hydrogen-bond acceptors (Lipinski definition) is 3. The minimum absolute atomic E-state index is 0.141. The van der Waals surface area contributed by atoms with E-state index < -0.39 is 12.0 Å². The van der Waals surface area contributed by atoms with Gasteiger partial charge in [-0.15, -0.1) is 11.3 Å². The molecular weight excluding hydrogens is 330 g/mol. The quantitative estimate of drug-likeness (QED) is 0.898. The number of fused-ring (bicyclic) bond motifs is 1. The number of hydrogen-bond donors (Lipinski definition) is 1. The van der Waals surface area contributed by atoms with Crippen LogP contribution in [0.15, 0.2) is 15.9 Å². The van der Waals surface area contributed by atoms with Crippen LogP contribution in [0.4, 0.5) is 0 Å². The van der Waals surface area contributed by atoms with E-state index in [0.29, 0.717) is 17.3 Å². The molecule has 3 atom stereocenters. The molecule has 1 amide bonds. The largest absolute Gasteiger partial charge is 0.480 e. The van der Waals surface area contributed by atoms with Gasteiger partial charge in [-0.3, -0.25) is 4.79 Å². The molecule has 3 rings (SSSR count). The Kier molecular flexibility index (Phi) is 3.39. The fourth-order valence-electron chi connectivity index (χ4n) is 3.40. The molecule has 102 valence electrons. The number of carbonyl (C=O) groups is 2. The molecule has 6 heteroatoms. The summed E-state index contributed by atoms with van der Waals surface area (Å²) >= 11 is 4.69. The highest BCUT2D eigenvalue weighted by molar-refractivity contribution is 9.11. The van der Waals surface area contributed by atoms with E-state index in [9.17, 15) is 14.7 Å². The molecule has 2 fully saturated rings. The Bertz CT molecular complexity index is 530. The molecule has 1 aromatic rings. The fourth-order valence-corrected chi connectivity index (χ4v) is 4.74. The lowest BCUT2D eigenvalue weighted by Gasteiger charge is -2.23. The molecule has 19 heavy (non-hydrogen) atoms. The number of rotatable bonds is 2.